The first-order chi connectivity index (χ1) is 11.5. The molecule has 2 N–H and O–H groups in total. The number of benzene rings is 1. The molecule has 2 fully saturated rings. The number of likely N-dealkylation sites (tertiary alicyclic amines) is 2. The molecule has 1 aromatic carbocycles. The summed E-state index contributed by atoms with van der Waals surface area (Å²) >= 11 is 0. The van der Waals surface area contributed by atoms with Crippen molar-refractivity contribution in [3.8, 4) is 0 Å². The van der Waals surface area contributed by atoms with Crippen LogP contribution in [0.25, 0.3) is 0 Å². The maximum Gasteiger partial charge on any atom is 0.320 e. The molecule has 24 heavy (non-hydrogen) atoms. The quantitative estimate of drug-likeness (QED) is 0.743. The zero-order chi connectivity index (χ0) is 16.9. The number of nitrogens with zero attached hydrogens (tertiary/aromatic N) is 2. The van der Waals surface area contributed by atoms with Gasteiger partial charge < -0.3 is 15.5 Å². The summed E-state index contributed by atoms with van der Waals surface area (Å²) in [6, 6.07) is 6.94. The van der Waals surface area contributed by atoms with E-state index in [1.165, 1.54) is 17.5 Å². The molecule has 130 valence electrons. The molecule has 3 aliphatic rings. The van der Waals surface area contributed by atoms with Gasteiger partial charge in [-0.1, -0.05) is 19.9 Å². The number of carbonyl (C=O) groups excluding carboxylic acids is 1. The van der Waals surface area contributed by atoms with E-state index in [0.29, 0.717) is 12.0 Å². The van der Waals surface area contributed by atoms with Crippen LogP contribution < -0.4 is 5.73 Å². The molecular formula is C20H29N3O. The van der Waals surface area contributed by atoms with Crippen LogP contribution in [0, 0.1) is 5.92 Å². The smallest absolute Gasteiger partial charge is 0.320 e. The molecule has 0 unspecified atom stereocenters. The van der Waals surface area contributed by atoms with Crippen LogP contribution in [0.3, 0.4) is 0 Å². The summed E-state index contributed by atoms with van der Waals surface area (Å²) in [5.74, 6) is 0.467. The van der Waals surface area contributed by atoms with Gasteiger partial charge >= 0.3 is 6.03 Å². The van der Waals surface area contributed by atoms with Crippen LogP contribution >= 0.6 is 0 Å². The third-order valence-corrected chi connectivity index (χ3v) is 6.91. The maximum absolute atomic E-state index is 13.1. The maximum atomic E-state index is 13.1. The Labute approximate surface area is 145 Å². The van der Waals surface area contributed by atoms with Crippen molar-refractivity contribution in [3.05, 3.63) is 29.3 Å². The number of hydrogen-bond donors (Lipinski definition) is 1. The molecule has 4 rings (SSSR count). The predicted molar refractivity (Wildman–Crippen MR) is 97.0 cm³/mol. The van der Waals surface area contributed by atoms with E-state index in [-0.39, 0.29) is 11.4 Å². The molecule has 2 bridgehead atoms. The van der Waals surface area contributed by atoms with E-state index in [2.05, 4.69) is 35.8 Å². The second-order valence-electron chi connectivity index (χ2n) is 8.17. The largest absolute Gasteiger partial charge is 0.399 e. The Balaban J connectivity index is 1.65. The molecule has 2 heterocycles. The van der Waals surface area contributed by atoms with Gasteiger partial charge in [0.2, 0.25) is 0 Å². The molecule has 2 aliphatic heterocycles. The molecular weight excluding hydrogens is 298 g/mol. The number of anilines is 1. The molecule has 2 saturated heterocycles. The van der Waals surface area contributed by atoms with Gasteiger partial charge in [-0.3, -0.25) is 0 Å². The van der Waals surface area contributed by atoms with E-state index in [9.17, 15) is 4.79 Å². The first-order valence-corrected chi connectivity index (χ1v) is 9.45. The summed E-state index contributed by atoms with van der Waals surface area (Å²) in [5.41, 5.74) is 9.84. The minimum absolute atomic E-state index is 0.131. The first kappa shape index (κ1) is 15.8. The summed E-state index contributed by atoms with van der Waals surface area (Å²) in [7, 11) is 0. The number of amides is 2. The Kier molecular flexibility index (Phi) is 3.74. The molecule has 0 aromatic heterocycles. The highest BCUT2D eigenvalue weighted by molar-refractivity contribution is 5.75. The summed E-state index contributed by atoms with van der Waals surface area (Å²) in [6.07, 6.45) is 5.56. The van der Waals surface area contributed by atoms with Gasteiger partial charge in [-0.2, -0.15) is 0 Å². The molecule has 4 heteroatoms. The van der Waals surface area contributed by atoms with E-state index < -0.39 is 0 Å². The number of nitrogen functional groups attached to an aromatic ring is 1. The number of urea groups is 1. The van der Waals surface area contributed by atoms with E-state index >= 15 is 0 Å². The standard InChI is InChI=1S/C20H29N3O/c1-14-18-12-15-6-7-16(21)13-17(15)20(14,2)8-11-23(18)19(24)22-9-4-3-5-10-22/h6-7,13-14,18H,3-5,8-12,21H2,1-2H3/t14-,18-,20-/m1/s1. The lowest BCUT2D eigenvalue weighted by Crippen LogP contribution is -2.62. The van der Waals surface area contributed by atoms with Crippen molar-refractivity contribution in [1.82, 2.24) is 9.80 Å². The van der Waals surface area contributed by atoms with Gasteiger partial charge in [-0.05, 0) is 66.7 Å². The number of nitrogens with two attached hydrogens (primary N) is 1. The van der Waals surface area contributed by atoms with E-state index in [1.54, 1.807) is 0 Å². The predicted octanol–water partition coefficient (Wildman–Crippen LogP) is 3.40. The Morgan fingerprint density at radius 2 is 1.96 bits per heavy atom. The van der Waals surface area contributed by atoms with Gasteiger partial charge in [-0.15, -0.1) is 0 Å². The molecule has 0 saturated carbocycles. The van der Waals surface area contributed by atoms with Crippen LogP contribution in [0.1, 0.15) is 50.7 Å². The van der Waals surface area contributed by atoms with Crippen molar-refractivity contribution in [2.45, 2.75) is 57.4 Å². The highest BCUT2D eigenvalue weighted by Crippen LogP contribution is 2.49. The van der Waals surface area contributed by atoms with Crippen molar-refractivity contribution in [1.29, 1.82) is 0 Å². The molecule has 1 aliphatic carbocycles. The number of fused-ring (bicyclic) bond motifs is 4. The fourth-order valence-corrected chi connectivity index (χ4v) is 5.14. The first-order valence-electron chi connectivity index (χ1n) is 9.45. The summed E-state index contributed by atoms with van der Waals surface area (Å²) in [5, 5.41) is 0. The summed E-state index contributed by atoms with van der Waals surface area (Å²) < 4.78 is 0. The second kappa shape index (κ2) is 5.68. The molecule has 3 atom stereocenters. The number of piperidine rings is 2. The number of carbonyl (C=O) groups is 1. The molecule has 0 radical (unpaired) electrons. The highest BCUT2D eigenvalue weighted by Gasteiger charge is 2.50. The van der Waals surface area contributed by atoms with Gasteiger partial charge in [0.05, 0.1) is 0 Å². The van der Waals surface area contributed by atoms with Crippen LogP contribution in [0.5, 0.6) is 0 Å². The SMILES string of the molecule is C[C@@H]1[C@H]2Cc3ccc(N)cc3[C@]1(C)CCN2C(=O)N1CCCCC1. The third-order valence-electron chi connectivity index (χ3n) is 6.91. The van der Waals surface area contributed by atoms with Crippen LogP contribution in [0.2, 0.25) is 0 Å². The van der Waals surface area contributed by atoms with Crippen LogP contribution in [-0.2, 0) is 11.8 Å². The Bertz CT molecular complexity index is 652. The minimum Gasteiger partial charge on any atom is -0.399 e. The molecule has 0 spiro atoms. The van der Waals surface area contributed by atoms with Crippen molar-refractivity contribution < 1.29 is 4.79 Å². The van der Waals surface area contributed by atoms with Gasteiger partial charge in [0.25, 0.3) is 0 Å². The average Bonchev–Trinajstić information content (AvgIpc) is 2.59. The van der Waals surface area contributed by atoms with Crippen molar-refractivity contribution in [3.63, 3.8) is 0 Å². The second-order valence-corrected chi connectivity index (χ2v) is 8.17. The molecule has 4 nitrogen and oxygen atoms in total. The summed E-state index contributed by atoms with van der Waals surface area (Å²) in [4.78, 5) is 17.4. The van der Waals surface area contributed by atoms with Crippen LogP contribution in [0.4, 0.5) is 10.5 Å². The number of hydrogen-bond acceptors (Lipinski definition) is 2. The van der Waals surface area contributed by atoms with E-state index in [4.69, 9.17) is 5.73 Å². The fourth-order valence-electron chi connectivity index (χ4n) is 5.14. The summed E-state index contributed by atoms with van der Waals surface area (Å²) in [6.45, 7) is 7.42. The fraction of sp³-hybridized carbons (Fsp3) is 0.650. The van der Waals surface area contributed by atoms with Crippen LogP contribution in [-0.4, -0.2) is 41.5 Å². The zero-order valence-electron chi connectivity index (χ0n) is 14.9. The minimum atomic E-state index is 0.131. The topological polar surface area (TPSA) is 49.6 Å². The van der Waals surface area contributed by atoms with Crippen molar-refractivity contribution in [2.75, 3.05) is 25.4 Å². The lowest BCUT2D eigenvalue weighted by atomic mass is 9.59. The van der Waals surface area contributed by atoms with Crippen molar-refractivity contribution >= 4 is 11.7 Å². The Hall–Kier alpha value is -1.71. The number of rotatable bonds is 0. The molecule has 1 aromatic rings. The van der Waals surface area contributed by atoms with Gasteiger partial charge in [0, 0.05) is 31.4 Å². The van der Waals surface area contributed by atoms with Gasteiger partial charge in [0.1, 0.15) is 0 Å². The normalized spacial score (nSPS) is 32.4. The van der Waals surface area contributed by atoms with Crippen LogP contribution in [0.15, 0.2) is 18.2 Å². The van der Waals surface area contributed by atoms with E-state index in [0.717, 1.165) is 51.0 Å². The lowest BCUT2D eigenvalue weighted by Gasteiger charge is -2.55. The van der Waals surface area contributed by atoms with Crippen molar-refractivity contribution in [2.24, 2.45) is 5.92 Å². The Morgan fingerprint density at radius 1 is 1.21 bits per heavy atom. The average molecular weight is 327 g/mol. The van der Waals surface area contributed by atoms with E-state index in [1.807, 2.05) is 6.07 Å². The zero-order valence-corrected chi connectivity index (χ0v) is 14.9. The Morgan fingerprint density at radius 3 is 2.71 bits per heavy atom. The monoisotopic (exact) mass is 327 g/mol. The lowest BCUT2D eigenvalue weighted by molar-refractivity contribution is 0.0386. The van der Waals surface area contributed by atoms with Gasteiger partial charge in [0.15, 0.2) is 0 Å². The highest BCUT2D eigenvalue weighted by atomic mass is 16.2. The molecule has 2 amide bonds. The third kappa shape index (κ3) is 2.30. The van der Waals surface area contributed by atoms with Gasteiger partial charge in [-0.25, -0.2) is 4.79 Å².